The molecule has 1 fully saturated rings. The smallest absolute Gasteiger partial charge is 0.255 e. The number of pyridine rings is 1. The molecule has 0 saturated carbocycles. The minimum atomic E-state index is -1.63. The first-order chi connectivity index (χ1) is 17.0. The number of hydrogen-bond donors (Lipinski definition) is 3. The van der Waals surface area contributed by atoms with Crippen molar-refractivity contribution in [3.05, 3.63) is 47.8 Å². The molecule has 3 N–H and O–H groups in total. The summed E-state index contributed by atoms with van der Waals surface area (Å²) in [4.78, 5) is 17.5. The Balaban J connectivity index is 1.67. The summed E-state index contributed by atoms with van der Waals surface area (Å²) in [6, 6.07) is 9.35. The molecule has 0 bridgehead atoms. The molecule has 4 heterocycles. The van der Waals surface area contributed by atoms with Crippen molar-refractivity contribution in [3.8, 4) is 17.5 Å². The summed E-state index contributed by atoms with van der Waals surface area (Å²) in [5.74, 6) is -0.494. The van der Waals surface area contributed by atoms with Crippen LogP contribution >= 0.6 is 0 Å². The number of alkyl halides is 1. The molecule has 9 nitrogen and oxygen atoms in total. The molecular weight excluding hydrogens is 463 g/mol. The predicted octanol–water partition coefficient (Wildman–Crippen LogP) is 3.48. The molecule has 0 radical (unpaired) electrons. The van der Waals surface area contributed by atoms with E-state index in [4.69, 9.17) is 10.00 Å². The van der Waals surface area contributed by atoms with Gasteiger partial charge in [-0.1, -0.05) is 0 Å². The van der Waals surface area contributed by atoms with Crippen LogP contribution in [0.4, 0.5) is 10.1 Å². The van der Waals surface area contributed by atoms with Crippen LogP contribution in [0.2, 0.25) is 0 Å². The zero-order valence-corrected chi connectivity index (χ0v) is 20.9. The van der Waals surface area contributed by atoms with E-state index in [2.05, 4.69) is 26.8 Å². The van der Waals surface area contributed by atoms with Crippen LogP contribution in [0, 0.1) is 11.3 Å². The number of carbonyl (C=O) groups is 1. The Hall–Kier alpha value is -3.55. The molecule has 1 amide bonds. The number of rotatable bonds is 7. The highest BCUT2D eigenvalue weighted by Gasteiger charge is 2.30. The summed E-state index contributed by atoms with van der Waals surface area (Å²) in [5, 5.41) is 29.4. The summed E-state index contributed by atoms with van der Waals surface area (Å²) >= 11 is 0. The molecule has 1 saturated heterocycles. The van der Waals surface area contributed by atoms with Gasteiger partial charge in [0.1, 0.15) is 12.2 Å². The van der Waals surface area contributed by atoms with Crippen LogP contribution in [0.1, 0.15) is 56.5 Å². The minimum Gasteiger partial charge on any atom is -0.387 e. The second kappa shape index (κ2) is 9.84. The van der Waals surface area contributed by atoms with Crippen molar-refractivity contribution in [3.63, 3.8) is 0 Å². The van der Waals surface area contributed by atoms with E-state index >= 15 is 0 Å². The minimum absolute atomic E-state index is 0.0567. The molecule has 0 spiro atoms. The Kier molecular flexibility index (Phi) is 6.98. The second-order valence-corrected chi connectivity index (χ2v) is 10.3. The molecule has 1 aliphatic heterocycles. The number of halogens is 1. The highest BCUT2D eigenvalue weighted by molar-refractivity contribution is 6.00. The van der Waals surface area contributed by atoms with Gasteiger partial charge in [-0.05, 0) is 64.8 Å². The van der Waals surface area contributed by atoms with Crippen molar-refractivity contribution >= 4 is 17.1 Å². The second-order valence-electron chi connectivity index (χ2n) is 10.3. The van der Waals surface area contributed by atoms with E-state index in [1.165, 1.54) is 26.2 Å². The van der Waals surface area contributed by atoms with Crippen LogP contribution in [-0.2, 0) is 4.74 Å². The normalized spacial score (nSPS) is 18.4. The largest absolute Gasteiger partial charge is 0.387 e. The maximum atomic E-state index is 14.3. The van der Waals surface area contributed by atoms with Gasteiger partial charge in [0.05, 0.1) is 57.7 Å². The summed E-state index contributed by atoms with van der Waals surface area (Å²) in [7, 11) is 0. The zero-order chi connectivity index (χ0) is 26.1. The van der Waals surface area contributed by atoms with E-state index in [9.17, 15) is 14.3 Å². The number of carbonyl (C=O) groups excluding carboxylic acids is 1. The number of hydrogen-bond acceptors (Lipinski definition) is 7. The Morgan fingerprint density at radius 2 is 2.17 bits per heavy atom. The molecule has 2 atom stereocenters. The monoisotopic (exact) mass is 494 g/mol. The lowest BCUT2D eigenvalue weighted by Crippen LogP contribution is -2.42. The van der Waals surface area contributed by atoms with Gasteiger partial charge in [0, 0.05) is 18.8 Å². The topological polar surface area (TPSA) is 125 Å². The molecule has 36 heavy (non-hydrogen) atoms. The van der Waals surface area contributed by atoms with Gasteiger partial charge >= 0.3 is 0 Å². The molecule has 190 valence electrons. The van der Waals surface area contributed by atoms with Gasteiger partial charge in [-0.25, -0.2) is 8.91 Å². The fourth-order valence-corrected chi connectivity index (χ4v) is 4.25. The van der Waals surface area contributed by atoms with Crippen molar-refractivity contribution in [2.24, 2.45) is 0 Å². The number of ether oxygens (including phenoxy) is 1. The molecule has 3 aromatic heterocycles. The van der Waals surface area contributed by atoms with Crippen LogP contribution in [0.25, 0.3) is 16.9 Å². The van der Waals surface area contributed by atoms with E-state index in [0.29, 0.717) is 29.2 Å². The highest BCUT2D eigenvalue weighted by atomic mass is 19.1. The Morgan fingerprint density at radius 3 is 2.86 bits per heavy atom. The first-order valence-electron chi connectivity index (χ1n) is 11.9. The number of nitrogens with one attached hydrogen (secondary N) is 2. The van der Waals surface area contributed by atoms with Gasteiger partial charge < -0.3 is 20.5 Å². The Labute approximate surface area is 209 Å². The Morgan fingerprint density at radius 1 is 1.39 bits per heavy atom. The molecule has 4 rings (SSSR count). The number of aromatic nitrogens is 3. The summed E-state index contributed by atoms with van der Waals surface area (Å²) in [6.45, 7) is 7.03. The van der Waals surface area contributed by atoms with Crippen molar-refractivity contribution in [2.75, 3.05) is 18.5 Å². The van der Waals surface area contributed by atoms with Gasteiger partial charge in [0.15, 0.2) is 0 Å². The van der Waals surface area contributed by atoms with Crippen LogP contribution in [0.3, 0.4) is 0 Å². The van der Waals surface area contributed by atoms with Gasteiger partial charge in [-0.15, -0.1) is 0 Å². The summed E-state index contributed by atoms with van der Waals surface area (Å²) in [6.07, 6.45) is 2.82. The Bertz CT molecular complexity index is 1310. The SMILES string of the molecule is CC1(C)CC(Nc2cc(-c3ccc4cc(C#N)cnn34)ncc2C(=O)NC[C@@H](F)C(C)(C)O)CCO1. The maximum Gasteiger partial charge on any atom is 0.255 e. The fraction of sp³-hybridized carbons (Fsp3) is 0.462. The lowest BCUT2D eigenvalue weighted by atomic mass is 9.93. The molecule has 10 heteroatoms. The van der Waals surface area contributed by atoms with E-state index in [1.54, 1.807) is 16.6 Å². The first kappa shape index (κ1) is 25.5. The number of nitriles is 1. The van der Waals surface area contributed by atoms with Crippen LogP contribution in [0.5, 0.6) is 0 Å². The average molecular weight is 495 g/mol. The van der Waals surface area contributed by atoms with Crippen molar-refractivity contribution in [1.29, 1.82) is 5.26 Å². The fourth-order valence-electron chi connectivity index (χ4n) is 4.25. The summed E-state index contributed by atoms with van der Waals surface area (Å²) < 4.78 is 21.8. The van der Waals surface area contributed by atoms with Crippen LogP contribution in [0.15, 0.2) is 36.7 Å². The van der Waals surface area contributed by atoms with Crippen LogP contribution < -0.4 is 10.6 Å². The maximum absolute atomic E-state index is 14.3. The third kappa shape index (κ3) is 5.64. The van der Waals surface area contributed by atoms with Crippen LogP contribution in [-0.4, -0.2) is 62.2 Å². The molecule has 0 aliphatic carbocycles. The molecule has 3 aromatic rings. The van der Waals surface area contributed by atoms with E-state index in [1.807, 2.05) is 26.0 Å². The number of amides is 1. The zero-order valence-electron chi connectivity index (χ0n) is 20.9. The number of anilines is 1. The number of aliphatic hydroxyl groups is 1. The lowest BCUT2D eigenvalue weighted by molar-refractivity contribution is -0.0553. The van der Waals surface area contributed by atoms with Gasteiger partial charge in [-0.3, -0.25) is 9.78 Å². The van der Waals surface area contributed by atoms with Crippen molar-refractivity contribution in [1.82, 2.24) is 19.9 Å². The lowest BCUT2D eigenvalue weighted by Gasteiger charge is -2.36. The standard InChI is InChI=1S/C26H31FN6O3/c1-25(2)11-17(7-8-36-25)32-20-10-21(22-6-5-18-9-16(12-28)13-31-33(18)22)29-14-19(20)24(34)30-15-23(27)26(3,4)35/h5-6,9-10,13-14,17,23,35H,7-8,11,15H2,1-4H3,(H,29,32)(H,30,34)/t17?,23-/m1/s1. The van der Waals surface area contributed by atoms with Crippen molar-refractivity contribution < 1.29 is 19.0 Å². The summed E-state index contributed by atoms with van der Waals surface area (Å²) in [5.41, 5.74) is 1.43. The number of fused-ring (bicyclic) bond motifs is 1. The highest BCUT2D eigenvalue weighted by Crippen LogP contribution is 2.30. The van der Waals surface area contributed by atoms with Gasteiger partial charge in [-0.2, -0.15) is 10.4 Å². The van der Waals surface area contributed by atoms with Gasteiger partial charge in [0.25, 0.3) is 5.91 Å². The van der Waals surface area contributed by atoms with Crippen molar-refractivity contribution in [2.45, 2.75) is 64.0 Å². The average Bonchev–Trinajstić information content (AvgIpc) is 3.24. The quantitative estimate of drug-likeness (QED) is 0.459. The number of nitrogens with zero attached hydrogens (tertiary/aromatic N) is 4. The first-order valence-corrected chi connectivity index (χ1v) is 11.9. The van der Waals surface area contributed by atoms with E-state index in [0.717, 1.165) is 18.4 Å². The molecule has 0 aromatic carbocycles. The third-order valence-corrected chi connectivity index (χ3v) is 6.31. The predicted molar refractivity (Wildman–Crippen MR) is 133 cm³/mol. The molecule has 1 aliphatic rings. The molecular formula is C26H31FN6O3. The molecule has 1 unspecified atom stereocenters. The third-order valence-electron chi connectivity index (χ3n) is 6.31. The van der Waals surface area contributed by atoms with E-state index in [-0.39, 0.29) is 23.8 Å². The van der Waals surface area contributed by atoms with Gasteiger partial charge in [0.2, 0.25) is 0 Å². The van der Waals surface area contributed by atoms with E-state index < -0.39 is 17.7 Å².